The molecule has 0 atom stereocenters. The number of carbonyl (C=O) groups is 1. The molecule has 0 spiro atoms. The predicted octanol–water partition coefficient (Wildman–Crippen LogP) is 3.07. The molecule has 3 aromatic carbocycles. The topological polar surface area (TPSA) is 77.0 Å². The Bertz CT molecular complexity index is 1020. The number of carbonyl (C=O) groups excluding carboxylic acids is 1. The summed E-state index contributed by atoms with van der Waals surface area (Å²) in [5.74, 6) is -0.243. The van der Waals surface area contributed by atoms with Gasteiger partial charge in [-0.1, -0.05) is 66.7 Å². The second kappa shape index (κ2) is 6.82. The van der Waals surface area contributed by atoms with E-state index in [1.165, 1.54) is 0 Å². The number of hydrogen-bond acceptors (Lipinski definition) is 4. The highest BCUT2D eigenvalue weighted by atomic mass is 16.1. The van der Waals surface area contributed by atoms with Crippen molar-refractivity contribution in [3.05, 3.63) is 89.6 Å². The zero-order valence-corrected chi connectivity index (χ0v) is 14.0. The number of hydrazine groups is 1. The summed E-state index contributed by atoms with van der Waals surface area (Å²) in [6, 6.07) is 23.2. The summed E-state index contributed by atoms with van der Waals surface area (Å²) in [6.45, 7) is 0.589. The number of amidine groups is 1. The first-order valence-electron chi connectivity index (χ1n) is 8.39. The fraction of sp³-hybridized carbons (Fsp3) is 0.0476. The molecule has 0 fully saturated rings. The van der Waals surface area contributed by atoms with Crippen LogP contribution in [0, 0.1) is 5.41 Å². The second-order valence-electron chi connectivity index (χ2n) is 6.05. The predicted molar refractivity (Wildman–Crippen MR) is 104 cm³/mol. The van der Waals surface area contributed by atoms with Crippen LogP contribution in [-0.4, -0.2) is 18.3 Å². The van der Waals surface area contributed by atoms with E-state index in [4.69, 9.17) is 5.41 Å². The van der Waals surface area contributed by atoms with Gasteiger partial charge in [0.25, 0.3) is 5.91 Å². The van der Waals surface area contributed by atoms with Crippen molar-refractivity contribution >= 4 is 28.1 Å². The van der Waals surface area contributed by atoms with E-state index in [9.17, 15) is 4.79 Å². The SMILES string of the molecule is N=C(NC(=O)c1cccc2ccccc12)C1=C(c2ccccc2)CNN1. The van der Waals surface area contributed by atoms with Gasteiger partial charge in [0.2, 0.25) is 0 Å². The van der Waals surface area contributed by atoms with Crippen LogP contribution < -0.4 is 16.2 Å². The zero-order valence-electron chi connectivity index (χ0n) is 14.0. The van der Waals surface area contributed by atoms with Crippen molar-refractivity contribution in [2.45, 2.75) is 0 Å². The number of rotatable bonds is 3. The molecule has 0 bridgehead atoms. The van der Waals surface area contributed by atoms with Crippen LogP contribution in [-0.2, 0) is 0 Å². The van der Waals surface area contributed by atoms with Gasteiger partial charge in [0.05, 0.1) is 5.70 Å². The van der Waals surface area contributed by atoms with Crippen molar-refractivity contribution in [3.63, 3.8) is 0 Å². The van der Waals surface area contributed by atoms with Crippen molar-refractivity contribution in [2.24, 2.45) is 0 Å². The second-order valence-corrected chi connectivity index (χ2v) is 6.05. The zero-order chi connectivity index (χ0) is 17.9. The number of hydrogen-bond donors (Lipinski definition) is 4. The third-order valence-corrected chi connectivity index (χ3v) is 4.43. The highest BCUT2D eigenvalue weighted by molar-refractivity contribution is 6.17. The molecular weight excluding hydrogens is 324 g/mol. The quantitative estimate of drug-likeness (QED) is 0.436. The highest BCUT2D eigenvalue weighted by Gasteiger charge is 2.21. The van der Waals surface area contributed by atoms with Crippen molar-refractivity contribution < 1.29 is 4.79 Å². The van der Waals surface area contributed by atoms with Gasteiger partial charge in [0, 0.05) is 17.7 Å². The van der Waals surface area contributed by atoms with Crippen molar-refractivity contribution in [2.75, 3.05) is 6.54 Å². The minimum Gasteiger partial charge on any atom is -0.318 e. The van der Waals surface area contributed by atoms with Crippen molar-refractivity contribution in [1.29, 1.82) is 5.41 Å². The van der Waals surface area contributed by atoms with Crippen LogP contribution in [0.2, 0.25) is 0 Å². The maximum Gasteiger partial charge on any atom is 0.257 e. The first kappa shape index (κ1) is 16.1. The number of benzene rings is 3. The van der Waals surface area contributed by atoms with E-state index in [0.717, 1.165) is 21.9 Å². The molecule has 0 aromatic heterocycles. The molecule has 3 aromatic rings. The molecular formula is C21H18N4O. The minimum atomic E-state index is -0.291. The van der Waals surface area contributed by atoms with E-state index in [0.29, 0.717) is 17.8 Å². The van der Waals surface area contributed by atoms with Crippen LogP contribution in [0.4, 0.5) is 0 Å². The molecule has 1 aliphatic rings. The molecule has 0 saturated heterocycles. The summed E-state index contributed by atoms with van der Waals surface area (Å²) in [6.07, 6.45) is 0. The van der Waals surface area contributed by atoms with Gasteiger partial charge >= 0.3 is 0 Å². The Morgan fingerprint density at radius 2 is 1.65 bits per heavy atom. The molecule has 128 valence electrons. The lowest BCUT2D eigenvalue weighted by Crippen LogP contribution is -2.37. The van der Waals surface area contributed by atoms with Crippen LogP contribution in [0.15, 0.2) is 78.5 Å². The lowest BCUT2D eigenvalue weighted by Gasteiger charge is -2.12. The molecule has 5 heteroatoms. The summed E-state index contributed by atoms with van der Waals surface area (Å²) in [4.78, 5) is 12.7. The normalized spacial score (nSPS) is 13.5. The van der Waals surface area contributed by atoms with Gasteiger partial charge in [-0.25, -0.2) is 5.43 Å². The monoisotopic (exact) mass is 342 g/mol. The van der Waals surface area contributed by atoms with E-state index >= 15 is 0 Å². The Kier molecular flexibility index (Phi) is 4.21. The van der Waals surface area contributed by atoms with Gasteiger partial charge in [-0.3, -0.25) is 10.2 Å². The summed E-state index contributed by atoms with van der Waals surface area (Å²) in [7, 11) is 0. The first-order valence-corrected chi connectivity index (χ1v) is 8.39. The van der Waals surface area contributed by atoms with Crippen LogP contribution >= 0.6 is 0 Å². The summed E-state index contributed by atoms with van der Waals surface area (Å²) < 4.78 is 0. The van der Waals surface area contributed by atoms with Gasteiger partial charge < -0.3 is 10.7 Å². The Morgan fingerprint density at radius 3 is 2.50 bits per heavy atom. The highest BCUT2D eigenvalue weighted by Crippen LogP contribution is 2.21. The van der Waals surface area contributed by atoms with Crippen LogP contribution in [0.25, 0.3) is 16.3 Å². The van der Waals surface area contributed by atoms with E-state index in [1.54, 1.807) is 6.07 Å². The first-order chi connectivity index (χ1) is 12.7. The third-order valence-electron chi connectivity index (χ3n) is 4.43. The van der Waals surface area contributed by atoms with E-state index in [-0.39, 0.29) is 11.7 Å². The Morgan fingerprint density at radius 1 is 0.923 bits per heavy atom. The molecule has 1 amide bonds. The standard InChI is InChI=1S/C21H18N4O/c22-20(19-18(13-23-25-19)15-7-2-1-3-8-15)24-21(26)17-12-6-10-14-9-4-5-11-16(14)17/h1-12,23,25H,13H2,(H2,22,24,26). The van der Waals surface area contributed by atoms with E-state index in [2.05, 4.69) is 16.2 Å². The van der Waals surface area contributed by atoms with Crippen LogP contribution in [0.1, 0.15) is 15.9 Å². The number of amides is 1. The third kappa shape index (κ3) is 2.96. The molecule has 26 heavy (non-hydrogen) atoms. The smallest absolute Gasteiger partial charge is 0.257 e. The molecule has 1 heterocycles. The van der Waals surface area contributed by atoms with Gasteiger partial charge in [-0.15, -0.1) is 0 Å². The number of fused-ring (bicyclic) bond motifs is 1. The lowest BCUT2D eigenvalue weighted by atomic mass is 10.0. The summed E-state index contributed by atoms with van der Waals surface area (Å²) in [5, 5.41) is 12.9. The Labute approximate surface area is 151 Å². The average molecular weight is 342 g/mol. The Balaban J connectivity index is 1.62. The molecule has 0 unspecified atom stereocenters. The van der Waals surface area contributed by atoms with Gasteiger partial charge in [0.1, 0.15) is 0 Å². The molecule has 1 aliphatic heterocycles. The maximum atomic E-state index is 12.7. The molecule has 0 saturated carbocycles. The largest absolute Gasteiger partial charge is 0.318 e. The fourth-order valence-electron chi connectivity index (χ4n) is 3.15. The van der Waals surface area contributed by atoms with Crippen molar-refractivity contribution in [1.82, 2.24) is 16.2 Å². The molecule has 5 nitrogen and oxygen atoms in total. The van der Waals surface area contributed by atoms with Crippen LogP contribution in [0.3, 0.4) is 0 Å². The maximum absolute atomic E-state index is 12.7. The van der Waals surface area contributed by atoms with E-state index < -0.39 is 0 Å². The summed E-state index contributed by atoms with van der Waals surface area (Å²) in [5.41, 5.74) is 9.13. The van der Waals surface area contributed by atoms with Gasteiger partial charge in [-0.2, -0.15) is 0 Å². The average Bonchev–Trinajstić information content (AvgIpc) is 3.18. The fourth-order valence-corrected chi connectivity index (χ4v) is 3.15. The van der Waals surface area contributed by atoms with Crippen molar-refractivity contribution in [3.8, 4) is 0 Å². The van der Waals surface area contributed by atoms with Gasteiger partial charge in [-0.05, 0) is 22.4 Å². The molecule has 4 rings (SSSR count). The van der Waals surface area contributed by atoms with Crippen LogP contribution in [0.5, 0.6) is 0 Å². The number of nitrogens with one attached hydrogen (secondary N) is 4. The molecule has 0 radical (unpaired) electrons. The molecule has 4 N–H and O–H groups in total. The van der Waals surface area contributed by atoms with Gasteiger partial charge in [0.15, 0.2) is 5.84 Å². The Hall–Kier alpha value is -3.44. The molecule has 0 aliphatic carbocycles. The van der Waals surface area contributed by atoms with E-state index in [1.807, 2.05) is 66.7 Å². The summed E-state index contributed by atoms with van der Waals surface area (Å²) >= 11 is 0. The lowest BCUT2D eigenvalue weighted by molar-refractivity contribution is 0.0978. The minimum absolute atomic E-state index is 0.0480.